The van der Waals surface area contributed by atoms with Gasteiger partial charge < -0.3 is 25.8 Å². The maximum atomic E-state index is 13.6. The number of rotatable bonds is 13. The molecule has 1 aliphatic rings. The molecule has 0 radical (unpaired) electrons. The molecule has 5 atom stereocenters. The summed E-state index contributed by atoms with van der Waals surface area (Å²) in [6.45, 7) is 3.74. The number of aromatic nitrogens is 2. The second kappa shape index (κ2) is 13.0. The van der Waals surface area contributed by atoms with E-state index in [0.717, 1.165) is 21.9 Å². The van der Waals surface area contributed by atoms with Crippen LogP contribution in [0.3, 0.4) is 0 Å². The van der Waals surface area contributed by atoms with E-state index in [1.807, 2.05) is 30.3 Å². The molecule has 2 unspecified atom stereocenters. The third-order valence-electron chi connectivity index (χ3n) is 6.11. The van der Waals surface area contributed by atoms with Crippen LogP contribution in [0.5, 0.6) is 0 Å². The van der Waals surface area contributed by atoms with Crippen molar-refractivity contribution in [3.05, 3.63) is 58.6 Å². The Morgan fingerprint density at radius 2 is 2.00 bits per heavy atom. The van der Waals surface area contributed by atoms with Crippen LogP contribution in [0.1, 0.15) is 32.6 Å². The number of benzene rings is 1. The van der Waals surface area contributed by atoms with Gasteiger partial charge in [-0.05, 0) is 32.4 Å². The lowest BCUT2D eigenvalue weighted by Crippen LogP contribution is -2.46. The third-order valence-corrected chi connectivity index (χ3v) is 8.86. The molecule has 6 N–H and O–H groups in total. The molecule has 216 valence electrons. The minimum absolute atomic E-state index is 0.0170. The van der Waals surface area contributed by atoms with E-state index in [2.05, 4.69) is 10.1 Å². The first-order valence-corrected chi connectivity index (χ1v) is 14.7. The molecule has 15 heteroatoms. The molecule has 2 aromatic rings. The molecule has 13 nitrogen and oxygen atoms in total. The molecule has 1 aromatic heterocycles. The summed E-state index contributed by atoms with van der Waals surface area (Å²) < 4.78 is 31.5. The molecule has 0 saturated carbocycles. The fourth-order valence-electron chi connectivity index (χ4n) is 3.62. The van der Waals surface area contributed by atoms with Crippen molar-refractivity contribution >= 4 is 30.4 Å². The van der Waals surface area contributed by atoms with Crippen molar-refractivity contribution in [3.63, 3.8) is 0 Å². The summed E-state index contributed by atoms with van der Waals surface area (Å²) in [7, 11) is -4.02. The zero-order valence-corrected chi connectivity index (χ0v) is 23.6. The Morgan fingerprint density at radius 1 is 1.31 bits per heavy atom. The summed E-state index contributed by atoms with van der Waals surface area (Å²) in [5.41, 5.74) is 2.69. The molecule has 0 spiro atoms. The van der Waals surface area contributed by atoms with Gasteiger partial charge in [-0.1, -0.05) is 42.1 Å². The van der Waals surface area contributed by atoms with Gasteiger partial charge in [-0.15, -0.1) is 0 Å². The van der Waals surface area contributed by atoms with Crippen molar-refractivity contribution in [2.45, 2.75) is 51.4 Å². The van der Waals surface area contributed by atoms with E-state index in [0.29, 0.717) is 0 Å². The Bertz CT molecular complexity index is 1230. The highest BCUT2D eigenvalue weighted by molar-refractivity contribution is 8.13. The standard InChI is InChI=1S/C24H35N4O9PS/c1-23(2,15-29)21(31)39-12-11-35-38(34,26-13-16-7-5-4-6-8-16)36-14-17-19(30)24(3,33)20(37-17)28-10-9-18(25)27-22(28)32/h4-10,17,19-20,29-30,33H,11-15H2,1-3H3,(H,26,34)(H2,25,27,32)/t17-,19+,20-,24?,38?/m1/s1. The van der Waals surface area contributed by atoms with Gasteiger partial charge in [0.25, 0.3) is 0 Å². The van der Waals surface area contributed by atoms with E-state index in [1.54, 1.807) is 13.8 Å². The van der Waals surface area contributed by atoms with E-state index in [9.17, 15) is 29.5 Å². The Kier molecular flexibility index (Phi) is 10.5. The number of nitrogen functional groups attached to an aromatic ring is 1. The van der Waals surface area contributed by atoms with Crippen LogP contribution < -0.4 is 16.5 Å². The fraction of sp³-hybridized carbons (Fsp3) is 0.542. The lowest BCUT2D eigenvalue weighted by Gasteiger charge is -2.27. The Balaban J connectivity index is 1.68. The van der Waals surface area contributed by atoms with Gasteiger partial charge in [-0.2, -0.15) is 4.98 Å². The minimum Gasteiger partial charge on any atom is -0.395 e. The monoisotopic (exact) mass is 586 g/mol. The number of aliphatic hydroxyl groups is 3. The van der Waals surface area contributed by atoms with E-state index in [-0.39, 0.29) is 36.4 Å². The van der Waals surface area contributed by atoms with E-state index in [1.165, 1.54) is 19.2 Å². The number of carbonyl (C=O) groups is 1. The largest absolute Gasteiger partial charge is 0.405 e. The summed E-state index contributed by atoms with van der Waals surface area (Å²) in [6.07, 6.45) is -2.75. The normalized spacial score (nSPS) is 24.9. The molecule has 1 aliphatic heterocycles. The number of hydrogen-bond acceptors (Lipinski definition) is 12. The van der Waals surface area contributed by atoms with Crippen LogP contribution in [0.15, 0.2) is 47.4 Å². The number of nitrogens with one attached hydrogen (secondary N) is 1. The zero-order chi connectivity index (χ0) is 28.8. The van der Waals surface area contributed by atoms with Crippen molar-refractivity contribution in [2.75, 3.05) is 31.3 Å². The molecular weight excluding hydrogens is 551 g/mol. The van der Waals surface area contributed by atoms with Crippen molar-refractivity contribution < 1.29 is 38.5 Å². The predicted molar refractivity (Wildman–Crippen MR) is 145 cm³/mol. The fourth-order valence-corrected chi connectivity index (χ4v) is 5.86. The minimum atomic E-state index is -4.02. The lowest BCUT2D eigenvalue weighted by atomic mass is 9.96. The van der Waals surface area contributed by atoms with Gasteiger partial charge in [0.2, 0.25) is 0 Å². The van der Waals surface area contributed by atoms with Crippen LogP contribution in [0, 0.1) is 5.41 Å². The smallest absolute Gasteiger partial charge is 0.395 e. The summed E-state index contributed by atoms with van der Waals surface area (Å²) in [5.74, 6) is 0.131. The van der Waals surface area contributed by atoms with Gasteiger partial charge in [0.15, 0.2) is 11.3 Å². The number of ether oxygens (including phenoxy) is 1. The average Bonchev–Trinajstić information content (AvgIpc) is 3.13. The Hall–Kier alpha value is -2.13. The molecule has 39 heavy (non-hydrogen) atoms. The quantitative estimate of drug-likeness (QED) is 0.165. The first kappa shape index (κ1) is 31.4. The number of hydrogen-bond donors (Lipinski definition) is 5. The molecule has 1 saturated heterocycles. The summed E-state index contributed by atoms with van der Waals surface area (Å²) in [6, 6.07) is 10.4. The van der Waals surface area contributed by atoms with Crippen molar-refractivity contribution in [1.29, 1.82) is 0 Å². The van der Waals surface area contributed by atoms with Crippen LogP contribution in [0.2, 0.25) is 0 Å². The SMILES string of the molecule is CC(C)(CO)C(=O)SCCOP(=O)(NCc1ccccc1)OC[C@H]1O[C@@H](n2ccc(N)nc2=O)C(C)(O)[C@H]1O. The number of nitrogens with zero attached hydrogens (tertiary/aromatic N) is 2. The van der Waals surface area contributed by atoms with Crippen LogP contribution in [0.4, 0.5) is 5.82 Å². The maximum absolute atomic E-state index is 13.6. The van der Waals surface area contributed by atoms with Gasteiger partial charge in [0, 0.05) is 18.5 Å². The van der Waals surface area contributed by atoms with Gasteiger partial charge in [-0.3, -0.25) is 18.4 Å². The lowest BCUT2D eigenvalue weighted by molar-refractivity contribution is -0.119. The van der Waals surface area contributed by atoms with Gasteiger partial charge in [-0.25, -0.2) is 14.4 Å². The maximum Gasteiger partial charge on any atom is 0.405 e. The van der Waals surface area contributed by atoms with Gasteiger partial charge >= 0.3 is 13.4 Å². The Labute approximate surface area is 230 Å². The van der Waals surface area contributed by atoms with Crippen molar-refractivity contribution in [3.8, 4) is 0 Å². The molecule has 1 aromatic carbocycles. The highest BCUT2D eigenvalue weighted by Gasteiger charge is 2.54. The molecule has 0 aliphatic carbocycles. The number of nitrogens with two attached hydrogens (primary N) is 1. The predicted octanol–water partition coefficient (Wildman–Crippen LogP) is 1.04. The topological polar surface area (TPSA) is 195 Å². The van der Waals surface area contributed by atoms with Crippen LogP contribution in [-0.4, -0.2) is 73.4 Å². The van der Waals surface area contributed by atoms with Crippen molar-refractivity contribution in [2.24, 2.45) is 5.41 Å². The summed E-state index contributed by atoms with van der Waals surface area (Å²) in [4.78, 5) is 28.2. The third kappa shape index (κ3) is 7.97. The molecule has 2 heterocycles. The number of thioether (sulfide) groups is 1. The molecule has 3 rings (SSSR count). The first-order chi connectivity index (χ1) is 18.3. The highest BCUT2D eigenvalue weighted by atomic mass is 32.2. The molecular formula is C24H35N4O9PS. The number of anilines is 1. The van der Waals surface area contributed by atoms with Crippen molar-refractivity contribution in [1.82, 2.24) is 14.6 Å². The van der Waals surface area contributed by atoms with Crippen LogP contribution in [-0.2, 0) is 29.7 Å². The van der Waals surface area contributed by atoms with Gasteiger partial charge in [0.1, 0.15) is 23.6 Å². The average molecular weight is 587 g/mol. The first-order valence-electron chi connectivity index (χ1n) is 12.2. The molecule has 1 fully saturated rings. The van der Waals surface area contributed by atoms with Gasteiger partial charge in [0.05, 0.1) is 25.2 Å². The highest BCUT2D eigenvalue weighted by Crippen LogP contribution is 2.46. The Morgan fingerprint density at radius 3 is 2.64 bits per heavy atom. The van der Waals surface area contributed by atoms with E-state index < -0.39 is 49.5 Å². The van der Waals surface area contributed by atoms with Crippen LogP contribution >= 0.6 is 19.5 Å². The molecule has 0 amide bonds. The number of aliphatic hydroxyl groups excluding tert-OH is 2. The van der Waals surface area contributed by atoms with Crippen LogP contribution in [0.25, 0.3) is 0 Å². The zero-order valence-electron chi connectivity index (χ0n) is 21.9. The van der Waals surface area contributed by atoms with E-state index >= 15 is 0 Å². The summed E-state index contributed by atoms with van der Waals surface area (Å²) >= 11 is 0.934. The molecule has 0 bridgehead atoms. The second-order valence-electron chi connectivity index (χ2n) is 9.86. The summed E-state index contributed by atoms with van der Waals surface area (Å²) in [5, 5.41) is 33.5. The number of carbonyl (C=O) groups excluding carboxylic acids is 1. The van der Waals surface area contributed by atoms with E-state index in [4.69, 9.17) is 19.5 Å². The second-order valence-corrected chi connectivity index (χ2v) is 12.8.